The summed E-state index contributed by atoms with van der Waals surface area (Å²) in [6.07, 6.45) is -0.711. The summed E-state index contributed by atoms with van der Waals surface area (Å²) >= 11 is 0. The fraction of sp³-hybridized carbons (Fsp3) is 0.467. The predicted octanol–water partition coefficient (Wildman–Crippen LogP) is 2.28. The summed E-state index contributed by atoms with van der Waals surface area (Å²) in [5, 5.41) is -4.65. The first-order valence-electron chi connectivity index (χ1n) is 7.43. The van der Waals surface area contributed by atoms with Gasteiger partial charge in [0.1, 0.15) is 5.60 Å². The van der Waals surface area contributed by atoms with Crippen molar-refractivity contribution in [1.29, 1.82) is 0 Å². The van der Waals surface area contributed by atoms with Crippen LogP contribution in [0.15, 0.2) is 18.2 Å². The fourth-order valence-electron chi connectivity index (χ4n) is 1.72. The molecule has 0 atom stereocenters. The maximum Gasteiger partial charge on any atom is 0.414 e. The number of hydrogen-bond acceptors (Lipinski definition) is 7. The lowest BCUT2D eigenvalue weighted by atomic mass is 10.1. The molecule has 152 valence electrons. The zero-order valence-corrected chi connectivity index (χ0v) is 15.8. The van der Waals surface area contributed by atoms with Crippen molar-refractivity contribution in [2.45, 2.75) is 31.6 Å². The number of nitrogens with two attached hydrogens (primary N) is 1. The third kappa shape index (κ3) is 6.03. The monoisotopic (exact) mass is 410 g/mol. The molecule has 1 aromatic rings. The molecule has 9 nitrogen and oxygen atoms in total. The molecule has 0 aliphatic rings. The molecule has 0 unspecified atom stereocenters. The van der Waals surface area contributed by atoms with Crippen LogP contribution < -0.4 is 10.6 Å². The Hall–Kier alpha value is -2.47. The van der Waals surface area contributed by atoms with Crippen molar-refractivity contribution in [3.05, 3.63) is 23.8 Å². The first-order valence-corrected chi connectivity index (χ1v) is 8.87. The summed E-state index contributed by atoms with van der Waals surface area (Å²) in [6.45, 7) is 3.14. The second kappa shape index (κ2) is 7.64. The van der Waals surface area contributed by atoms with Crippen molar-refractivity contribution in [3.63, 3.8) is 0 Å². The van der Waals surface area contributed by atoms with Gasteiger partial charge in [-0.05, 0) is 39.0 Å². The van der Waals surface area contributed by atoms with Gasteiger partial charge in [0.25, 0.3) is 0 Å². The molecule has 0 radical (unpaired) electrons. The van der Waals surface area contributed by atoms with Crippen LogP contribution in [0.3, 0.4) is 0 Å². The van der Waals surface area contributed by atoms with Gasteiger partial charge in [-0.1, -0.05) is 0 Å². The second-order valence-electron chi connectivity index (χ2n) is 6.50. The zero-order valence-electron chi connectivity index (χ0n) is 15.0. The van der Waals surface area contributed by atoms with Crippen LogP contribution in [0.25, 0.3) is 0 Å². The van der Waals surface area contributed by atoms with Gasteiger partial charge >= 0.3 is 27.4 Å². The molecule has 1 aromatic carbocycles. The predicted molar refractivity (Wildman–Crippen MR) is 92.3 cm³/mol. The number of rotatable bonds is 5. The molecule has 1 rings (SSSR count). The first kappa shape index (κ1) is 22.6. The molecule has 12 heteroatoms. The van der Waals surface area contributed by atoms with Crippen molar-refractivity contribution in [3.8, 4) is 0 Å². The van der Waals surface area contributed by atoms with E-state index in [9.17, 15) is 26.8 Å². The van der Waals surface area contributed by atoms with Crippen molar-refractivity contribution in [2.24, 2.45) is 0 Å². The highest BCUT2D eigenvalue weighted by Gasteiger charge is 2.45. The molecule has 0 aliphatic carbocycles. The van der Waals surface area contributed by atoms with Crippen LogP contribution in [0, 0.1) is 0 Å². The van der Waals surface area contributed by atoms with Gasteiger partial charge in [-0.2, -0.15) is 17.2 Å². The van der Waals surface area contributed by atoms with Gasteiger partial charge in [0.05, 0.1) is 16.9 Å². The van der Waals surface area contributed by atoms with E-state index in [4.69, 9.17) is 15.0 Å². The maximum atomic E-state index is 13.1. The standard InChI is InChI=1S/C15H20F2N2O7S/c1-14(2,3)26-13(21)19(4)11-6-5-9(7-10(11)18)12(20)25-8-15(16,17)27(22,23)24/h5-7H,8,18H2,1-4H3,(H,22,23,24). The molecule has 27 heavy (non-hydrogen) atoms. The van der Waals surface area contributed by atoms with Crippen LogP contribution in [-0.2, 0) is 19.6 Å². The number of nitrogens with zero attached hydrogens (tertiary/aromatic N) is 1. The number of ether oxygens (including phenoxy) is 2. The molecule has 1 amide bonds. The number of esters is 1. The molecular formula is C15H20F2N2O7S. The maximum absolute atomic E-state index is 13.1. The van der Waals surface area contributed by atoms with Crippen LogP contribution in [0.2, 0.25) is 0 Å². The molecule has 0 spiro atoms. The van der Waals surface area contributed by atoms with Gasteiger partial charge in [-0.15, -0.1) is 0 Å². The molecule has 0 aromatic heterocycles. The molecule has 0 aliphatic heterocycles. The van der Waals surface area contributed by atoms with Crippen LogP contribution >= 0.6 is 0 Å². The van der Waals surface area contributed by atoms with Crippen molar-refractivity contribution >= 4 is 33.6 Å². The summed E-state index contributed by atoms with van der Waals surface area (Å²) in [7, 11) is -4.34. The lowest BCUT2D eigenvalue weighted by Gasteiger charge is -2.25. The minimum absolute atomic E-state index is 0.0562. The number of halogens is 2. The van der Waals surface area contributed by atoms with Gasteiger partial charge < -0.3 is 15.2 Å². The third-order valence-electron chi connectivity index (χ3n) is 3.04. The van der Waals surface area contributed by atoms with Gasteiger partial charge in [-0.25, -0.2) is 9.59 Å². The van der Waals surface area contributed by atoms with Crippen molar-refractivity contribution in [1.82, 2.24) is 0 Å². The van der Waals surface area contributed by atoms with E-state index in [1.54, 1.807) is 20.8 Å². The van der Waals surface area contributed by atoms with E-state index in [2.05, 4.69) is 4.74 Å². The van der Waals surface area contributed by atoms with Gasteiger partial charge in [-0.3, -0.25) is 9.45 Å². The third-order valence-corrected chi connectivity index (χ3v) is 3.91. The van der Waals surface area contributed by atoms with Gasteiger partial charge in [0.2, 0.25) is 0 Å². The van der Waals surface area contributed by atoms with E-state index in [0.29, 0.717) is 0 Å². The highest BCUT2D eigenvalue weighted by atomic mass is 32.2. The van der Waals surface area contributed by atoms with Crippen LogP contribution in [-0.4, -0.2) is 49.5 Å². The van der Waals surface area contributed by atoms with Crippen LogP contribution in [0.4, 0.5) is 25.0 Å². The highest BCUT2D eigenvalue weighted by Crippen LogP contribution is 2.26. The summed E-state index contributed by atoms with van der Waals surface area (Å²) in [5.41, 5.74) is 4.89. The Morgan fingerprint density at radius 2 is 1.81 bits per heavy atom. The minimum Gasteiger partial charge on any atom is -0.454 e. The lowest BCUT2D eigenvalue weighted by Crippen LogP contribution is -2.35. The molecule has 0 saturated heterocycles. The zero-order chi connectivity index (χ0) is 21.2. The largest absolute Gasteiger partial charge is 0.454 e. The van der Waals surface area contributed by atoms with Gasteiger partial charge in [0, 0.05) is 7.05 Å². The normalized spacial score (nSPS) is 12.4. The van der Waals surface area contributed by atoms with Crippen LogP contribution in [0.1, 0.15) is 31.1 Å². The topological polar surface area (TPSA) is 136 Å². The molecule has 0 saturated carbocycles. The number of nitrogen functional groups attached to an aromatic ring is 1. The Labute approximate surface area is 154 Å². The van der Waals surface area contributed by atoms with Crippen molar-refractivity contribution in [2.75, 3.05) is 24.3 Å². The fourth-order valence-corrected chi connectivity index (χ4v) is 1.93. The highest BCUT2D eigenvalue weighted by molar-refractivity contribution is 7.86. The van der Waals surface area contributed by atoms with Crippen molar-refractivity contribution < 1.29 is 40.8 Å². The average Bonchev–Trinajstić information content (AvgIpc) is 2.49. The number of anilines is 2. The molecule has 0 heterocycles. The number of hydrogen-bond donors (Lipinski definition) is 2. The summed E-state index contributed by atoms with van der Waals surface area (Å²) in [4.78, 5) is 24.9. The van der Waals surface area contributed by atoms with E-state index in [0.717, 1.165) is 17.0 Å². The molecule has 0 bridgehead atoms. The smallest absolute Gasteiger partial charge is 0.414 e. The second-order valence-corrected chi connectivity index (χ2v) is 8.05. The summed E-state index contributed by atoms with van der Waals surface area (Å²) in [5.74, 6) is -1.29. The summed E-state index contributed by atoms with van der Waals surface area (Å²) in [6, 6.07) is 3.46. The van der Waals surface area contributed by atoms with E-state index in [1.165, 1.54) is 13.1 Å². The molecular weight excluding hydrogens is 390 g/mol. The Bertz CT molecular complexity index is 835. The van der Waals surface area contributed by atoms with Gasteiger partial charge in [0.15, 0.2) is 6.61 Å². The number of carbonyl (C=O) groups is 2. The first-order chi connectivity index (χ1) is 12.0. The quantitative estimate of drug-likeness (QED) is 0.429. The van der Waals surface area contributed by atoms with E-state index in [1.807, 2.05) is 0 Å². The van der Waals surface area contributed by atoms with E-state index in [-0.39, 0.29) is 16.9 Å². The number of carbonyl (C=O) groups excluding carboxylic acids is 2. The minimum atomic E-state index is -5.72. The average molecular weight is 410 g/mol. The number of benzene rings is 1. The number of amides is 1. The molecule has 3 N–H and O–H groups in total. The molecule has 0 fully saturated rings. The Morgan fingerprint density at radius 1 is 1.26 bits per heavy atom. The Morgan fingerprint density at radius 3 is 2.26 bits per heavy atom. The van der Waals surface area contributed by atoms with E-state index >= 15 is 0 Å². The van der Waals surface area contributed by atoms with Crippen LogP contribution in [0.5, 0.6) is 0 Å². The Kier molecular flexibility index (Phi) is 6.39. The summed E-state index contributed by atoms with van der Waals surface area (Å²) < 4.78 is 64.9. The number of alkyl halides is 2. The van der Waals surface area contributed by atoms with E-state index < -0.39 is 39.6 Å². The SMILES string of the molecule is CN(C(=O)OC(C)(C)C)c1ccc(C(=O)OCC(F)(F)S(=O)(=O)O)cc1N. The Balaban J connectivity index is 2.92. The lowest BCUT2D eigenvalue weighted by molar-refractivity contribution is -0.00950.